The summed E-state index contributed by atoms with van der Waals surface area (Å²) in [7, 11) is 1.27. The molecule has 0 bridgehead atoms. The van der Waals surface area contributed by atoms with Crippen molar-refractivity contribution in [2.45, 2.75) is 37.8 Å². The SMILES string of the molecule is COC(=O)N[C@H](C)C(=O)NC1(Cc2ccccn2)CCNCC1. The van der Waals surface area contributed by atoms with Gasteiger partial charge in [-0.15, -0.1) is 0 Å². The van der Waals surface area contributed by atoms with Crippen LogP contribution in [0.3, 0.4) is 0 Å². The summed E-state index contributed by atoms with van der Waals surface area (Å²) in [5, 5.41) is 8.92. The number of nitrogens with one attached hydrogen (secondary N) is 3. The Hall–Kier alpha value is -2.15. The predicted octanol–water partition coefficient (Wildman–Crippen LogP) is 0.607. The van der Waals surface area contributed by atoms with Crippen LogP contribution in [0.4, 0.5) is 4.79 Å². The Balaban J connectivity index is 2.06. The first-order valence-electron chi connectivity index (χ1n) is 7.82. The first-order chi connectivity index (χ1) is 11.0. The summed E-state index contributed by atoms with van der Waals surface area (Å²) in [6.45, 7) is 3.32. The van der Waals surface area contributed by atoms with Crippen LogP contribution in [0.15, 0.2) is 24.4 Å². The second-order valence-electron chi connectivity index (χ2n) is 5.88. The molecule has 1 aliphatic heterocycles. The van der Waals surface area contributed by atoms with Crippen molar-refractivity contribution in [3.63, 3.8) is 0 Å². The molecule has 1 aromatic heterocycles. The maximum Gasteiger partial charge on any atom is 0.407 e. The van der Waals surface area contributed by atoms with Crippen LogP contribution in [0.1, 0.15) is 25.5 Å². The molecule has 1 aromatic rings. The quantitative estimate of drug-likeness (QED) is 0.739. The van der Waals surface area contributed by atoms with Gasteiger partial charge in [0.25, 0.3) is 0 Å². The van der Waals surface area contributed by atoms with E-state index in [4.69, 9.17) is 0 Å². The van der Waals surface area contributed by atoms with Gasteiger partial charge in [-0.05, 0) is 45.0 Å². The molecule has 0 aliphatic carbocycles. The summed E-state index contributed by atoms with van der Waals surface area (Å²) in [5.41, 5.74) is 0.603. The van der Waals surface area contributed by atoms with E-state index >= 15 is 0 Å². The second-order valence-corrected chi connectivity index (χ2v) is 5.88. The minimum atomic E-state index is -0.655. The number of hydrogen-bond donors (Lipinski definition) is 3. The van der Waals surface area contributed by atoms with E-state index in [2.05, 4.69) is 25.7 Å². The van der Waals surface area contributed by atoms with Crippen LogP contribution in [0.2, 0.25) is 0 Å². The monoisotopic (exact) mass is 320 g/mol. The summed E-state index contributed by atoms with van der Waals surface area (Å²) < 4.78 is 4.53. The van der Waals surface area contributed by atoms with Gasteiger partial charge in [-0.25, -0.2) is 4.79 Å². The average molecular weight is 320 g/mol. The molecular weight excluding hydrogens is 296 g/mol. The number of hydrogen-bond acceptors (Lipinski definition) is 5. The number of ether oxygens (including phenoxy) is 1. The second kappa shape index (κ2) is 7.92. The van der Waals surface area contributed by atoms with Gasteiger partial charge in [-0.1, -0.05) is 6.07 Å². The average Bonchev–Trinajstić information content (AvgIpc) is 2.56. The Morgan fingerprint density at radius 3 is 2.74 bits per heavy atom. The molecule has 1 aliphatic rings. The highest BCUT2D eigenvalue weighted by Crippen LogP contribution is 2.23. The Kier molecular flexibility index (Phi) is 5.92. The number of piperidine rings is 1. The van der Waals surface area contributed by atoms with E-state index in [0.29, 0.717) is 6.42 Å². The van der Waals surface area contributed by atoms with Gasteiger partial charge in [0.05, 0.1) is 7.11 Å². The molecule has 1 saturated heterocycles. The Morgan fingerprint density at radius 2 is 2.13 bits per heavy atom. The maximum absolute atomic E-state index is 12.4. The molecule has 7 heteroatoms. The standard InChI is InChI=1S/C16H24N4O3/c1-12(19-15(22)23-2)14(21)20-16(6-9-17-10-7-16)11-13-5-3-4-8-18-13/h3-5,8,12,17H,6-7,9-11H2,1-2H3,(H,19,22)(H,20,21)/t12-/m1/s1. The topological polar surface area (TPSA) is 92.3 Å². The van der Waals surface area contributed by atoms with Crippen molar-refractivity contribution in [1.29, 1.82) is 0 Å². The highest BCUT2D eigenvalue weighted by atomic mass is 16.5. The smallest absolute Gasteiger partial charge is 0.407 e. The zero-order valence-electron chi connectivity index (χ0n) is 13.6. The van der Waals surface area contributed by atoms with E-state index in [1.54, 1.807) is 13.1 Å². The number of methoxy groups -OCH3 is 1. The molecule has 0 saturated carbocycles. The zero-order chi connectivity index (χ0) is 16.7. The summed E-state index contributed by atoms with van der Waals surface area (Å²) in [5.74, 6) is -0.215. The molecule has 0 aromatic carbocycles. The van der Waals surface area contributed by atoms with Crippen LogP contribution >= 0.6 is 0 Å². The van der Waals surface area contributed by atoms with Crippen molar-refractivity contribution in [3.8, 4) is 0 Å². The third-order valence-corrected chi connectivity index (χ3v) is 4.11. The van der Waals surface area contributed by atoms with Crippen LogP contribution in [0, 0.1) is 0 Å². The molecular formula is C16H24N4O3. The highest BCUT2D eigenvalue weighted by molar-refractivity contribution is 5.85. The molecule has 0 radical (unpaired) electrons. The van der Waals surface area contributed by atoms with Gasteiger partial charge in [-0.3, -0.25) is 9.78 Å². The van der Waals surface area contributed by atoms with Gasteiger partial charge in [0, 0.05) is 23.9 Å². The van der Waals surface area contributed by atoms with Gasteiger partial charge >= 0.3 is 6.09 Å². The first kappa shape index (κ1) is 17.2. The predicted molar refractivity (Wildman–Crippen MR) is 85.9 cm³/mol. The number of nitrogens with zero attached hydrogens (tertiary/aromatic N) is 1. The highest BCUT2D eigenvalue weighted by Gasteiger charge is 2.35. The molecule has 2 heterocycles. The molecule has 0 unspecified atom stereocenters. The summed E-state index contributed by atoms with van der Waals surface area (Å²) >= 11 is 0. The molecule has 2 amide bonds. The fourth-order valence-corrected chi connectivity index (χ4v) is 2.77. The zero-order valence-corrected chi connectivity index (χ0v) is 13.6. The third kappa shape index (κ3) is 4.92. The number of amides is 2. The largest absolute Gasteiger partial charge is 0.453 e. The summed E-state index contributed by atoms with van der Waals surface area (Å²) in [6.07, 6.45) is 3.46. The number of rotatable bonds is 5. The molecule has 23 heavy (non-hydrogen) atoms. The van der Waals surface area contributed by atoms with E-state index in [1.807, 2.05) is 18.2 Å². The minimum Gasteiger partial charge on any atom is -0.453 e. The molecule has 2 rings (SSSR count). The van der Waals surface area contributed by atoms with Crippen molar-refractivity contribution < 1.29 is 14.3 Å². The lowest BCUT2D eigenvalue weighted by Crippen LogP contribution is -2.59. The number of aromatic nitrogens is 1. The molecule has 1 fully saturated rings. The molecule has 1 atom stereocenters. The van der Waals surface area contributed by atoms with E-state index in [0.717, 1.165) is 31.6 Å². The van der Waals surface area contributed by atoms with E-state index < -0.39 is 12.1 Å². The van der Waals surface area contributed by atoms with E-state index in [1.165, 1.54) is 7.11 Å². The van der Waals surface area contributed by atoms with Crippen molar-refractivity contribution in [1.82, 2.24) is 20.9 Å². The van der Waals surface area contributed by atoms with Gasteiger partial charge in [0.1, 0.15) is 6.04 Å². The van der Waals surface area contributed by atoms with Crippen LogP contribution in [0.5, 0.6) is 0 Å². The maximum atomic E-state index is 12.4. The van der Waals surface area contributed by atoms with E-state index in [9.17, 15) is 9.59 Å². The number of carbonyl (C=O) groups is 2. The Morgan fingerprint density at radius 1 is 1.39 bits per heavy atom. The van der Waals surface area contributed by atoms with Crippen molar-refractivity contribution in [2.75, 3.05) is 20.2 Å². The molecule has 126 valence electrons. The van der Waals surface area contributed by atoms with Crippen LogP contribution in [-0.4, -0.2) is 48.8 Å². The molecule has 7 nitrogen and oxygen atoms in total. The van der Waals surface area contributed by atoms with E-state index in [-0.39, 0.29) is 11.4 Å². The van der Waals surface area contributed by atoms with Crippen LogP contribution < -0.4 is 16.0 Å². The Bertz CT molecular complexity index is 529. The van der Waals surface area contributed by atoms with Crippen molar-refractivity contribution in [2.24, 2.45) is 0 Å². The fourth-order valence-electron chi connectivity index (χ4n) is 2.77. The Labute approximate surface area is 136 Å². The van der Waals surface area contributed by atoms with Gasteiger partial charge in [0.2, 0.25) is 5.91 Å². The van der Waals surface area contributed by atoms with Crippen molar-refractivity contribution >= 4 is 12.0 Å². The number of pyridine rings is 1. The minimum absolute atomic E-state index is 0.215. The molecule has 0 spiro atoms. The lowest BCUT2D eigenvalue weighted by Gasteiger charge is -2.39. The lowest BCUT2D eigenvalue weighted by atomic mass is 9.83. The third-order valence-electron chi connectivity index (χ3n) is 4.11. The van der Waals surface area contributed by atoms with Gasteiger partial charge in [-0.2, -0.15) is 0 Å². The molecule has 3 N–H and O–H groups in total. The lowest BCUT2D eigenvalue weighted by molar-refractivity contribution is -0.125. The first-order valence-corrected chi connectivity index (χ1v) is 7.82. The van der Waals surface area contributed by atoms with Gasteiger partial charge < -0.3 is 20.7 Å². The van der Waals surface area contributed by atoms with Crippen molar-refractivity contribution in [3.05, 3.63) is 30.1 Å². The number of carbonyl (C=O) groups excluding carboxylic acids is 2. The summed E-state index contributed by atoms with van der Waals surface area (Å²) in [6, 6.07) is 5.13. The van der Waals surface area contributed by atoms with Crippen LogP contribution in [-0.2, 0) is 16.0 Å². The van der Waals surface area contributed by atoms with Crippen LogP contribution in [0.25, 0.3) is 0 Å². The number of alkyl carbamates (subject to hydrolysis) is 1. The van der Waals surface area contributed by atoms with Gasteiger partial charge in [0.15, 0.2) is 0 Å². The normalized spacial score (nSPS) is 17.8. The fraction of sp³-hybridized carbons (Fsp3) is 0.562. The summed E-state index contributed by atoms with van der Waals surface area (Å²) in [4.78, 5) is 28.1.